The molecular formula is C16H22BrNO3. The van der Waals surface area contributed by atoms with Crippen molar-refractivity contribution in [1.29, 1.82) is 0 Å². The van der Waals surface area contributed by atoms with Crippen molar-refractivity contribution in [3.63, 3.8) is 0 Å². The second-order valence-electron chi connectivity index (χ2n) is 5.15. The number of halogens is 1. The topological polar surface area (TPSA) is 66.4 Å². The average Bonchev–Trinajstić information content (AvgIpc) is 2.42. The summed E-state index contributed by atoms with van der Waals surface area (Å²) >= 11 is 3.38. The third-order valence-corrected chi connectivity index (χ3v) is 3.97. The van der Waals surface area contributed by atoms with E-state index in [2.05, 4.69) is 28.2 Å². The molecule has 1 unspecified atom stereocenters. The molecule has 0 fully saturated rings. The lowest BCUT2D eigenvalue weighted by atomic mass is 9.96. The van der Waals surface area contributed by atoms with Crippen molar-refractivity contribution in [1.82, 2.24) is 5.32 Å². The molecule has 4 nitrogen and oxygen atoms in total. The average molecular weight is 356 g/mol. The van der Waals surface area contributed by atoms with Crippen LogP contribution in [0, 0.1) is 5.92 Å². The Morgan fingerprint density at radius 2 is 2.10 bits per heavy atom. The third-order valence-electron chi connectivity index (χ3n) is 3.47. The largest absolute Gasteiger partial charge is 0.481 e. The molecular weight excluding hydrogens is 334 g/mol. The Balaban J connectivity index is 2.27. The molecule has 0 aliphatic heterocycles. The molecule has 0 saturated heterocycles. The summed E-state index contributed by atoms with van der Waals surface area (Å²) in [6.45, 7) is 2.65. The third kappa shape index (κ3) is 7.85. The maximum atomic E-state index is 11.8. The van der Waals surface area contributed by atoms with Crippen LogP contribution in [0.1, 0.15) is 38.2 Å². The standard InChI is InChI=1S/C16H22BrNO3/c1-2-12(6-7-16(20)21)8-9-18-15(19)11-13-4-3-5-14(17)10-13/h3-5,10,12H,2,6-9,11H2,1H3,(H,18,19)(H,20,21). The van der Waals surface area contributed by atoms with Crippen LogP contribution >= 0.6 is 15.9 Å². The Hall–Kier alpha value is -1.36. The van der Waals surface area contributed by atoms with Crippen LogP contribution < -0.4 is 5.32 Å². The van der Waals surface area contributed by atoms with Crippen LogP contribution in [0.25, 0.3) is 0 Å². The minimum atomic E-state index is -0.757. The van der Waals surface area contributed by atoms with Gasteiger partial charge in [0, 0.05) is 17.4 Å². The van der Waals surface area contributed by atoms with Crippen LogP contribution in [0.15, 0.2) is 28.7 Å². The van der Waals surface area contributed by atoms with Gasteiger partial charge < -0.3 is 10.4 Å². The Bertz CT molecular complexity index is 476. The maximum absolute atomic E-state index is 11.8. The highest BCUT2D eigenvalue weighted by Crippen LogP contribution is 2.15. The van der Waals surface area contributed by atoms with Crippen LogP contribution in [0.2, 0.25) is 0 Å². The fourth-order valence-corrected chi connectivity index (χ4v) is 2.64. The van der Waals surface area contributed by atoms with E-state index < -0.39 is 5.97 Å². The Morgan fingerprint density at radius 3 is 2.71 bits per heavy atom. The normalized spacial score (nSPS) is 11.9. The van der Waals surface area contributed by atoms with Crippen molar-refractivity contribution in [2.75, 3.05) is 6.54 Å². The van der Waals surface area contributed by atoms with Gasteiger partial charge in [-0.15, -0.1) is 0 Å². The molecule has 5 heteroatoms. The number of carboxylic acids is 1. The van der Waals surface area contributed by atoms with Crippen LogP contribution in [0.3, 0.4) is 0 Å². The maximum Gasteiger partial charge on any atom is 0.303 e. The second kappa shape index (κ2) is 9.55. The van der Waals surface area contributed by atoms with Crippen molar-refractivity contribution < 1.29 is 14.7 Å². The lowest BCUT2D eigenvalue weighted by Gasteiger charge is -2.14. The van der Waals surface area contributed by atoms with Gasteiger partial charge in [0.25, 0.3) is 0 Å². The van der Waals surface area contributed by atoms with Crippen molar-refractivity contribution in [2.45, 2.75) is 39.0 Å². The fourth-order valence-electron chi connectivity index (χ4n) is 2.19. The first-order chi connectivity index (χ1) is 10.0. The number of amides is 1. The van der Waals surface area contributed by atoms with Gasteiger partial charge in [0.15, 0.2) is 0 Å². The predicted molar refractivity (Wildman–Crippen MR) is 86.1 cm³/mol. The Morgan fingerprint density at radius 1 is 1.33 bits per heavy atom. The molecule has 0 aromatic heterocycles. The number of carboxylic acid groups (broad SMARTS) is 1. The number of nitrogens with one attached hydrogen (secondary N) is 1. The molecule has 1 aromatic rings. The van der Waals surface area contributed by atoms with E-state index in [9.17, 15) is 9.59 Å². The summed E-state index contributed by atoms with van der Waals surface area (Å²) in [7, 11) is 0. The van der Waals surface area contributed by atoms with Gasteiger partial charge in [-0.3, -0.25) is 9.59 Å². The number of carbonyl (C=O) groups is 2. The Labute approximate surface area is 134 Å². The molecule has 0 aliphatic carbocycles. The van der Waals surface area contributed by atoms with Gasteiger partial charge >= 0.3 is 5.97 Å². The summed E-state index contributed by atoms with van der Waals surface area (Å²) in [6.07, 6.45) is 3.01. The number of benzene rings is 1. The molecule has 1 rings (SSSR count). The molecule has 0 radical (unpaired) electrons. The van der Waals surface area contributed by atoms with E-state index in [1.807, 2.05) is 24.3 Å². The zero-order valence-corrected chi connectivity index (χ0v) is 13.9. The lowest BCUT2D eigenvalue weighted by molar-refractivity contribution is -0.137. The van der Waals surface area contributed by atoms with E-state index in [1.54, 1.807) is 0 Å². The van der Waals surface area contributed by atoms with E-state index in [0.717, 1.165) is 22.9 Å². The zero-order valence-electron chi connectivity index (χ0n) is 12.3. The van der Waals surface area contributed by atoms with E-state index in [1.165, 1.54) is 0 Å². The van der Waals surface area contributed by atoms with E-state index in [-0.39, 0.29) is 12.3 Å². The molecule has 0 saturated carbocycles. The molecule has 0 aliphatic rings. The van der Waals surface area contributed by atoms with Crippen molar-refractivity contribution in [3.8, 4) is 0 Å². The quantitative estimate of drug-likeness (QED) is 0.713. The molecule has 0 heterocycles. The summed E-state index contributed by atoms with van der Waals surface area (Å²) in [5.74, 6) is -0.402. The summed E-state index contributed by atoms with van der Waals surface area (Å²) in [5.41, 5.74) is 0.972. The smallest absolute Gasteiger partial charge is 0.303 e. The highest BCUT2D eigenvalue weighted by Gasteiger charge is 2.10. The first-order valence-corrected chi connectivity index (χ1v) is 8.03. The number of carbonyl (C=O) groups excluding carboxylic acids is 1. The lowest BCUT2D eigenvalue weighted by Crippen LogP contribution is -2.27. The van der Waals surface area contributed by atoms with Gasteiger partial charge in [0.2, 0.25) is 5.91 Å². The summed E-state index contributed by atoms with van der Waals surface area (Å²) in [6, 6.07) is 7.69. The summed E-state index contributed by atoms with van der Waals surface area (Å²) < 4.78 is 0.965. The summed E-state index contributed by atoms with van der Waals surface area (Å²) in [4.78, 5) is 22.4. The van der Waals surface area contributed by atoms with Crippen LogP contribution in [-0.4, -0.2) is 23.5 Å². The van der Waals surface area contributed by atoms with Gasteiger partial charge in [0.1, 0.15) is 0 Å². The Kier molecular flexibility index (Phi) is 8.05. The zero-order chi connectivity index (χ0) is 15.7. The minimum Gasteiger partial charge on any atom is -0.481 e. The van der Waals surface area contributed by atoms with Gasteiger partial charge in [0.05, 0.1) is 6.42 Å². The highest BCUT2D eigenvalue weighted by atomic mass is 79.9. The van der Waals surface area contributed by atoms with E-state index in [0.29, 0.717) is 25.3 Å². The van der Waals surface area contributed by atoms with Crippen LogP contribution in [-0.2, 0) is 16.0 Å². The van der Waals surface area contributed by atoms with Crippen molar-refractivity contribution in [2.24, 2.45) is 5.92 Å². The van der Waals surface area contributed by atoms with E-state index in [4.69, 9.17) is 5.11 Å². The second-order valence-corrected chi connectivity index (χ2v) is 6.07. The molecule has 1 aromatic carbocycles. The van der Waals surface area contributed by atoms with Gasteiger partial charge in [-0.05, 0) is 36.5 Å². The minimum absolute atomic E-state index is 0.00110. The molecule has 116 valence electrons. The monoisotopic (exact) mass is 355 g/mol. The van der Waals surface area contributed by atoms with Gasteiger partial charge in [-0.1, -0.05) is 41.4 Å². The van der Waals surface area contributed by atoms with Gasteiger partial charge in [-0.2, -0.15) is 0 Å². The number of hydrogen-bond acceptors (Lipinski definition) is 2. The van der Waals surface area contributed by atoms with Crippen molar-refractivity contribution in [3.05, 3.63) is 34.3 Å². The van der Waals surface area contributed by atoms with Crippen molar-refractivity contribution >= 4 is 27.8 Å². The number of hydrogen-bond donors (Lipinski definition) is 2. The first kappa shape index (κ1) is 17.7. The first-order valence-electron chi connectivity index (χ1n) is 7.24. The number of rotatable bonds is 9. The number of aliphatic carboxylic acids is 1. The molecule has 0 bridgehead atoms. The highest BCUT2D eigenvalue weighted by molar-refractivity contribution is 9.10. The SMILES string of the molecule is CCC(CCNC(=O)Cc1cccc(Br)c1)CCC(=O)O. The molecule has 2 N–H and O–H groups in total. The van der Waals surface area contributed by atoms with Gasteiger partial charge in [-0.25, -0.2) is 0 Å². The molecule has 0 spiro atoms. The molecule has 21 heavy (non-hydrogen) atoms. The predicted octanol–water partition coefficient (Wildman–Crippen LogP) is 3.39. The molecule has 1 atom stereocenters. The summed E-state index contributed by atoms with van der Waals surface area (Å²) in [5, 5.41) is 11.6. The van der Waals surface area contributed by atoms with Crippen LogP contribution in [0.4, 0.5) is 0 Å². The van der Waals surface area contributed by atoms with Crippen LogP contribution in [0.5, 0.6) is 0 Å². The fraction of sp³-hybridized carbons (Fsp3) is 0.500. The van der Waals surface area contributed by atoms with E-state index >= 15 is 0 Å². The molecule has 1 amide bonds.